The normalized spacial score (nSPS) is 11.2. The molecule has 0 aliphatic rings. The Morgan fingerprint density at radius 3 is 2.62 bits per heavy atom. The molecule has 0 aliphatic carbocycles. The van der Waals surface area contributed by atoms with E-state index in [1.807, 2.05) is 35.9 Å². The zero-order chi connectivity index (χ0) is 16.7. The van der Waals surface area contributed by atoms with Crippen LogP contribution in [0.1, 0.15) is 6.92 Å². The van der Waals surface area contributed by atoms with Crippen LogP contribution in [0.4, 0.5) is 0 Å². The van der Waals surface area contributed by atoms with E-state index in [4.69, 9.17) is 9.47 Å². The summed E-state index contributed by atoms with van der Waals surface area (Å²) in [5.74, 6) is 1.49. The number of benzene rings is 2. The average molecular weight is 320 g/mol. The summed E-state index contributed by atoms with van der Waals surface area (Å²) >= 11 is 0. The minimum absolute atomic E-state index is 0.160. The van der Waals surface area contributed by atoms with E-state index in [1.54, 1.807) is 13.2 Å². The first-order valence-electron chi connectivity index (χ1n) is 7.91. The van der Waals surface area contributed by atoms with E-state index in [1.165, 1.54) is 0 Å². The highest BCUT2D eigenvalue weighted by atomic mass is 16.5. The summed E-state index contributed by atoms with van der Waals surface area (Å²) < 4.78 is 12.8. The van der Waals surface area contributed by atoms with Gasteiger partial charge in [0.2, 0.25) is 5.52 Å². The number of fused-ring (bicyclic) bond motifs is 4. The second kappa shape index (κ2) is 5.57. The van der Waals surface area contributed by atoms with Gasteiger partial charge in [-0.3, -0.25) is 0 Å². The zero-order valence-electron chi connectivity index (χ0n) is 13.6. The molecule has 1 N–H and O–H groups in total. The summed E-state index contributed by atoms with van der Waals surface area (Å²) in [7, 11) is 1.55. The maximum Gasteiger partial charge on any atom is 0.219 e. The van der Waals surface area contributed by atoms with Crippen molar-refractivity contribution in [2.24, 2.45) is 0 Å². The Labute approximate surface area is 139 Å². The molecule has 0 radical (unpaired) electrons. The molecule has 0 atom stereocenters. The lowest BCUT2D eigenvalue weighted by atomic mass is 10.1. The highest BCUT2D eigenvalue weighted by Gasteiger charge is 2.15. The number of phenols is 1. The number of nitrogens with zero attached hydrogens (tertiary/aromatic N) is 1. The molecule has 2 aromatic heterocycles. The Morgan fingerprint density at radius 2 is 1.83 bits per heavy atom. The van der Waals surface area contributed by atoms with E-state index < -0.39 is 0 Å². The zero-order valence-corrected chi connectivity index (χ0v) is 13.6. The van der Waals surface area contributed by atoms with Crippen LogP contribution in [-0.4, -0.2) is 18.8 Å². The van der Waals surface area contributed by atoms with Crippen molar-refractivity contribution in [1.82, 2.24) is 0 Å². The summed E-state index contributed by atoms with van der Waals surface area (Å²) in [6.07, 6.45) is 3.92. The molecule has 0 fully saturated rings. The van der Waals surface area contributed by atoms with Crippen molar-refractivity contribution in [3.63, 3.8) is 0 Å². The van der Waals surface area contributed by atoms with Crippen LogP contribution >= 0.6 is 0 Å². The predicted molar refractivity (Wildman–Crippen MR) is 94.0 cm³/mol. The van der Waals surface area contributed by atoms with Crippen LogP contribution in [-0.2, 0) is 0 Å². The molecule has 2 heterocycles. The maximum absolute atomic E-state index is 10.4. The summed E-state index contributed by atoms with van der Waals surface area (Å²) in [6.45, 7) is 2.62. The van der Waals surface area contributed by atoms with Crippen molar-refractivity contribution in [2.45, 2.75) is 6.92 Å². The first-order chi connectivity index (χ1) is 11.7. The van der Waals surface area contributed by atoms with Gasteiger partial charge in [-0.1, -0.05) is 6.07 Å². The molecule has 0 aliphatic heterocycles. The number of pyridine rings is 2. The van der Waals surface area contributed by atoms with Crippen molar-refractivity contribution >= 4 is 27.1 Å². The summed E-state index contributed by atoms with van der Waals surface area (Å²) in [5, 5.41) is 14.4. The summed E-state index contributed by atoms with van der Waals surface area (Å²) in [6, 6.07) is 14.0. The van der Waals surface area contributed by atoms with E-state index in [-0.39, 0.29) is 5.75 Å². The van der Waals surface area contributed by atoms with E-state index in [0.29, 0.717) is 12.4 Å². The largest absolute Gasteiger partial charge is 0.504 e. The van der Waals surface area contributed by atoms with Gasteiger partial charge < -0.3 is 14.6 Å². The Bertz CT molecular complexity index is 1070. The number of hydrogen-bond donors (Lipinski definition) is 1. The molecule has 0 saturated carbocycles. The van der Waals surface area contributed by atoms with Gasteiger partial charge >= 0.3 is 0 Å². The quantitative estimate of drug-likeness (QED) is 0.354. The van der Waals surface area contributed by atoms with Gasteiger partial charge in [-0.25, -0.2) is 0 Å². The van der Waals surface area contributed by atoms with Crippen LogP contribution in [0.3, 0.4) is 0 Å². The molecule has 0 bridgehead atoms. The fourth-order valence-electron chi connectivity index (χ4n) is 3.12. The molecule has 4 nitrogen and oxygen atoms in total. The van der Waals surface area contributed by atoms with Crippen molar-refractivity contribution < 1.29 is 19.0 Å². The molecule has 2 aromatic carbocycles. The molecule has 0 unspecified atom stereocenters. The lowest BCUT2D eigenvalue weighted by Crippen LogP contribution is -2.20. The van der Waals surface area contributed by atoms with E-state index >= 15 is 0 Å². The molecule has 120 valence electrons. The number of aromatic nitrogens is 1. The Kier molecular flexibility index (Phi) is 3.38. The van der Waals surface area contributed by atoms with Gasteiger partial charge in [-0.15, -0.1) is 0 Å². The van der Waals surface area contributed by atoms with E-state index in [0.717, 1.165) is 32.8 Å². The number of aromatic hydroxyl groups is 1. The number of hydrogen-bond acceptors (Lipinski definition) is 3. The Morgan fingerprint density at radius 1 is 1.00 bits per heavy atom. The molecule has 4 rings (SSSR count). The van der Waals surface area contributed by atoms with Crippen LogP contribution in [0.25, 0.3) is 27.1 Å². The second-order valence-corrected chi connectivity index (χ2v) is 5.68. The third kappa shape index (κ3) is 2.19. The topological polar surface area (TPSA) is 42.8 Å². The van der Waals surface area contributed by atoms with Gasteiger partial charge in [-0.2, -0.15) is 4.40 Å². The third-order valence-corrected chi connectivity index (χ3v) is 4.30. The monoisotopic (exact) mass is 320 g/mol. The van der Waals surface area contributed by atoms with Gasteiger partial charge in [0, 0.05) is 12.1 Å². The molecule has 4 heteroatoms. The number of ether oxygens (including phenoxy) is 2. The van der Waals surface area contributed by atoms with Crippen LogP contribution in [0.15, 0.2) is 54.9 Å². The first-order valence-corrected chi connectivity index (χ1v) is 7.91. The molecular weight excluding hydrogens is 302 g/mol. The number of methoxy groups -OCH3 is 1. The van der Waals surface area contributed by atoms with Gasteiger partial charge in [0.1, 0.15) is 5.75 Å². The van der Waals surface area contributed by atoms with E-state index in [9.17, 15) is 5.11 Å². The predicted octanol–water partition coefficient (Wildman–Crippen LogP) is 3.84. The van der Waals surface area contributed by atoms with Crippen molar-refractivity contribution in [3.05, 3.63) is 54.9 Å². The fourth-order valence-corrected chi connectivity index (χ4v) is 3.12. The second-order valence-electron chi connectivity index (χ2n) is 5.68. The minimum Gasteiger partial charge on any atom is -0.504 e. The Balaban J connectivity index is 2.06. The fraction of sp³-hybridized carbons (Fsp3) is 0.150. The average Bonchev–Trinajstić information content (AvgIpc) is 2.61. The molecule has 4 aromatic rings. The summed E-state index contributed by atoms with van der Waals surface area (Å²) in [4.78, 5) is 0. The summed E-state index contributed by atoms with van der Waals surface area (Å²) in [5.41, 5.74) is 1.06. The van der Waals surface area contributed by atoms with Crippen LogP contribution in [0, 0.1) is 0 Å². The third-order valence-electron chi connectivity index (χ3n) is 4.30. The highest BCUT2D eigenvalue weighted by molar-refractivity contribution is 5.99. The lowest BCUT2D eigenvalue weighted by Gasteiger charge is -2.07. The first kappa shape index (κ1) is 14.6. The van der Waals surface area contributed by atoms with Gasteiger partial charge in [0.25, 0.3) is 0 Å². The minimum atomic E-state index is 0.160. The van der Waals surface area contributed by atoms with Crippen LogP contribution < -0.4 is 13.9 Å². The van der Waals surface area contributed by atoms with Gasteiger partial charge in [0.05, 0.1) is 24.5 Å². The lowest BCUT2D eigenvalue weighted by molar-refractivity contribution is -0.509. The highest BCUT2D eigenvalue weighted by Crippen LogP contribution is 2.34. The molecular formula is C20H18NO3+. The molecule has 0 saturated heterocycles. The molecule has 0 spiro atoms. The van der Waals surface area contributed by atoms with E-state index in [2.05, 4.69) is 24.3 Å². The van der Waals surface area contributed by atoms with Gasteiger partial charge in [-0.05, 0) is 42.0 Å². The van der Waals surface area contributed by atoms with Crippen molar-refractivity contribution in [3.8, 4) is 17.2 Å². The number of rotatable bonds is 3. The van der Waals surface area contributed by atoms with Gasteiger partial charge in [0.15, 0.2) is 23.9 Å². The smallest absolute Gasteiger partial charge is 0.219 e. The SMILES string of the molecule is CCOc1ccc2cc[n+]3cc4c(O)c(OC)ccc4cc3c2c1. The van der Waals surface area contributed by atoms with Crippen molar-refractivity contribution in [1.29, 1.82) is 0 Å². The maximum atomic E-state index is 10.4. The van der Waals surface area contributed by atoms with Crippen LogP contribution in [0.2, 0.25) is 0 Å². The van der Waals surface area contributed by atoms with Crippen molar-refractivity contribution in [2.75, 3.05) is 13.7 Å². The standard InChI is InChI=1S/C20H17NO3/c1-3-24-15-6-4-13-8-9-21-12-17-14(10-18(21)16(13)11-15)5-7-19(23-2)20(17)22/h4-12H,3H2,1-2H3/p+1. The molecule has 24 heavy (non-hydrogen) atoms. The number of phenolic OH excluding ortho intramolecular Hbond substituents is 1. The van der Waals surface area contributed by atoms with Crippen LogP contribution in [0.5, 0.6) is 17.2 Å². The Hall–Kier alpha value is -3.01. The molecule has 0 amide bonds.